The molecule has 2 fully saturated rings. The second kappa shape index (κ2) is 8.76. The number of carbonyl (C=O) groups is 3. The predicted octanol–water partition coefficient (Wildman–Crippen LogP) is 3.01. The lowest BCUT2D eigenvalue weighted by Crippen LogP contribution is -2.47. The smallest absolute Gasteiger partial charge is 0.407 e. The van der Waals surface area contributed by atoms with Crippen LogP contribution < -0.4 is 5.32 Å². The molecule has 178 valence electrons. The first kappa shape index (κ1) is 22.4. The molecule has 2 amide bonds. The van der Waals surface area contributed by atoms with E-state index in [2.05, 4.69) is 29.6 Å². The minimum absolute atomic E-state index is 0.0117. The fraction of sp³-hybridized carbons (Fsp3) is 0.423. The number of hydrogen-bond donors (Lipinski definition) is 2. The first-order chi connectivity index (χ1) is 16.4. The highest BCUT2D eigenvalue weighted by molar-refractivity contribution is 5.90. The quantitative estimate of drug-likeness (QED) is 0.653. The predicted molar refractivity (Wildman–Crippen MR) is 123 cm³/mol. The highest BCUT2D eigenvalue weighted by atomic mass is 16.5. The number of nitrogens with zero attached hydrogens (tertiary/aromatic N) is 1. The third-order valence-electron chi connectivity index (χ3n) is 7.34. The van der Waals surface area contributed by atoms with Gasteiger partial charge in [-0.3, -0.25) is 4.79 Å². The Kier molecular flexibility index (Phi) is 5.77. The second-order valence-electron chi connectivity index (χ2n) is 9.33. The van der Waals surface area contributed by atoms with E-state index in [1.165, 1.54) is 16.0 Å². The number of carboxylic acids is 1. The van der Waals surface area contributed by atoms with E-state index < -0.39 is 23.5 Å². The molecule has 0 radical (unpaired) electrons. The fourth-order valence-electron chi connectivity index (χ4n) is 5.16. The van der Waals surface area contributed by atoms with Crippen LogP contribution in [0.5, 0.6) is 0 Å². The number of likely N-dealkylation sites (N-methyl/N-ethyl adjacent to an activating group) is 1. The van der Waals surface area contributed by atoms with Gasteiger partial charge in [0.05, 0.1) is 18.6 Å². The van der Waals surface area contributed by atoms with E-state index in [9.17, 15) is 19.5 Å². The van der Waals surface area contributed by atoms with Gasteiger partial charge in [-0.25, -0.2) is 9.59 Å². The molecule has 2 aromatic rings. The van der Waals surface area contributed by atoms with Crippen molar-refractivity contribution in [3.63, 3.8) is 0 Å². The molecule has 1 saturated carbocycles. The minimum atomic E-state index is -1.06. The Morgan fingerprint density at radius 2 is 1.71 bits per heavy atom. The van der Waals surface area contributed by atoms with Crippen molar-refractivity contribution >= 4 is 18.0 Å². The number of benzene rings is 2. The number of fused-ring (bicyclic) bond motifs is 3. The molecule has 2 aliphatic carbocycles. The Morgan fingerprint density at radius 1 is 1.09 bits per heavy atom. The van der Waals surface area contributed by atoms with Gasteiger partial charge in [-0.2, -0.15) is 0 Å². The normalized spacial score (nSPS) is 21.9. The summed E-state index contributed by atoms with van der Waals surface area (Å²) < 4.78 is 11.2. The van der Waals surface area contributed by atoms with Gasteiger partial charge < -0.3 is 24.8 Å². The van der Waals surface area contributed by atoms with Crippen molar-refractivity contribution in [2.45, 2.75) is 36.8 Å². The summed E-state index contributed by atoms with van der Waals surface area (Å²) in [6, 6.07) is 16.3. The van der Waals surface area contributed by atoms with Crippen molar-refractivity contribution in [1.82, 2.24) is 10.2 Å². The molecule has 2 unspecified atom stereocenters. The average Bonchev–Trinajstić information content (AvgIpc) is 3.43. The summed E-state index contributed by atoms with van der Waals surface area (Å²) in [5.41, 5.74) is 3.58. The molecule has 2 N–H and O–H groups in total. The number of rotatable bonds is 7. The maximum atomic E-state index is 12.7. The first-order valence-corrected chi connectivity index (χ1v) is 11.6. The summed E-state index contributed by atoms with van der Waals surface area (Å²) >= 11 is 0. The SMILES string of the molecule is CN(C(=O)C1COC(CNC(=O)OCC2c3ccccc3-c3ccccc32)C1)C1(C(=O)O)CC1. The number of carbonyl (C=O) groups excluding carboxylic acids is 2. The van der Waals surface area contributed by atoms with Gasteiger partial charge in [0.15, 0.2) is 0 Å². The summed E-state index contributed by atoms with van der Waals surface area (Å²) in [7, 11) is 1.55. The fourth-order valence-corrected chi connectivity index (χ4v) is 5.16. The lowest BCUT2D eigenvalue weighted by Gasteiger charge is -2.26. The lowest BCUT2D eigenvalue weighted by atomic mass is 9.98. The molecule has 2 atom stereocenters. The van der Waals surface area contributed by atoms with Crippen LogP contribution in [0.1, 0.15) is 36.3 Å². The molecule has 8 nitrogen and oxygen atoms in total. The molecular weight excluding hydrogens is 436 g/mol. The van der Waals surface area contributed by atoms with Crippen LogP contribution in [0, 0.1) is 5.92 Å². The van der Waals surface area contributed by atoms with Crippen LogP contribution >= 0.6 is 0 Å². The summed E-state index contributed by atoms with van der Waals surface area (Å²) in [6.07, 6.45) is 0.543. The Balaban J connectivity index is 1.11. The van der Waals surface area contributed by atoms with E-state index in [1.807, 2.05) is 24.3 Å². The lowest BCUT2D eigenvalue weighted by molar-refractivity contribution is -0.152. The zero-order chi connectivity index (χ0) is 23.9. The molecule has 0 bridgehead atoms. The largest absolute Gasteiger partial charge is 0.479 e. The van der Waals surface area contributed by atoms with Crippen molar-refractivity contribution in [3.05, 3.63) is 59.7 Å². The molecule has 8 heteroatoms. The number of amides is 2. The Hall–Kier alpha value is -3.39. The number of aliphatic carboxylic acids is 1. The molecule has 5 rings (SSSR count). The number of hydrogen-bond acceptors (Lipinski definition) is 5. The van der Waals surface area contributed by atoms with E-state index in [4.69, 9.17) is 9.47 Å². The number of nitrogens with one attached hydrogen (secondary N) is 1. The van der Waals surface area contributed by atoms with Gasteiger partial charge in [-0.05, 0) is 41.5 Å². The van der Waals surface area contributed by atoms with Crippen molar-refractivity contribution < 1.29 is 29.0 Å². The third-order valence-corrected chi connectivity index (χ3v) is 7.34. The van der Waals surface area contributed by atoms with Crippen LogP contribution in [0.25, 0.3) is 11.1 Å². The second-order valence-corrected chi connectivity index (χ2v) is 9.33. The van der Waals surface area contributed by atoms with Crippen molar-refractivity contribution in [2.24, 2.45) is 5.92 Å². The standard InChI is InChI=1S/C26H28N2O6/c1-28(26(10-11-26)24(30)31)23(29)16-12-17(33-14-16)13-27-25(32)34-15-22-20-8-4-2-6-18(20)19-7-3-5-9-21(19)22/h2-9,16-17,22H,10-15H2,1H3,(H,27,32)(H,30,31). The molecule has 1 aliphatic heterocycles. The van der Waals surface area contributed by atoms with Gasteiger partial charge in [-0.15, -0.1) is 0 Å². The van der Waals surface area contributed by atoms with Gasteiger partial charge in [0, 0.05) is 19.5 Å². The molecule has 2 aromatic carbocycles. The highest BCUT2D eigenvalue weighted by Gasteiger charge is 2.56. The summed E-state index contributed by atoms with van der Waals surface area (Å²) in [6.45, 7) is 0.679. The van der Waals surface area contributed by atoms with Crippen LogP contribution in [0.15, 0.2) is 48.5 Å². The Bertz CT molecular complexity index is 1080. The molecule has 1 saturated heterocycles. The summed E-state index contributed by atoms with van der Waals surface area (Å²) in [5.74, 6) is -1.60. The summed E-state index contributed by atoms with van der Waals surface area (Å²) in [4.78, 5) is 38.0. The van der Waals surface area contributed by atoms with Crippen LogP contribution in [0.4, 0.5) is 4.79 Å². The van der Waals surface area contributed by atoms with Crippen molar-refractivity contribution in [1.29, 1.82) is 0 Å². The van der Waals surface area contributed by atoms with Gasteiger partial charge in [-0.1, -0.05) is 48.5 Å². The van der Waals surface area contributed by atoms with Crippen LogP contribution in [-0.2, 0) is 19.1 Å². The van der Waals surface area contributed by atoms with Crippen LogP contribution in [0.3, 0.4) is 0 Å². The van der Waals surface area contributed by atoms with Crippen LogP contribution in [-0.4, -0.2) is 66.4 Å². The van der Waals surface area contributed by atoms with Crippen molar-refractivity contribution in [3.8, 4) is 11.1 Å². The molecule has 1 heterocycles. The zero-order valence-corrected chi connectivity index (χ0v) is 19.0. The van der Waals surface area contributed by atoms with Gasteiger partial charge >= 0.3 is 12.1 Å². The summed E-state index contributed by atoms with van der Waals surface area (Å²) in [5, 5.41) is 12.2. The molecular formula is C26H28N2O6. The molecule has 0 aromatic heterocycles. The zero-order valence-electron chi connectivity index (χ0n) is 19.0. The van der Waals surface area contributed by atoms with E-state index in [0.717, 1.165) is 11.1 Å². The van der Waals surface area contributed by atoms with E-state index >= 15 is 0 Å². The third kappa shape index (κ3) is 3.92. The average molecular weight is 465 g/mol. The van der Waals surface area contributed by atoms with E-state index in [0.29, 0.717) is 19.3 Å². The first-order valence-electron chi connectivity index (χ1n) is 11.6. The van der Waals surface area contributed by atoms with Crippen LogP contribution in [0.2, 0.25) is 0 Å². The van der Waals surface area contributed by atoms with Gasteiger partial charge in [0.2, 0.25) is 5.91 Å². The number of alkyl carbamates (subject to hydrolysis) is 1. The molecule has 0 spiro atoms. The number of carboxylic acid groups (broad SMARTS) is 1. The maximum absolute atomic E-state index is 12.7. The van der Waals surface area contributed by atoms with Gasteiger partial charge in [0.1, 0.15) is 12.1 Å². The Labute approximate surface area is 197 Å². The van der Waals surface area contributed by atoms with Gasteiger partial charge in [0.25, 0.3) is 0 Å². The maximum Gasteiger partial charge on any atom is 0.407 e. The Morgan fingerprint density at radius 3 is 2.29 bits per heavy atom. The van der Waals surface area contributed by atoms with Crippen molar-refractivity contribution in [2.75, 3.05) is 26.8 Å². The number of ether oxygens (including phenoxy) is 2. The molecule has 34 heavy (non-hydrogen) atoms. The molecule has 3 aliphatic rings. The highest BCUT2D eigenvalue weighted by Crippen LogP contribution is 2.44. The monoisotopic (exact) mass is 464 g/mol. The minimum Gasteiger partial charge on any atom is -0.479 e. The van der Waals surface area contributed by atoms with E-state index in [1.54, 1.807) is 7.05 Å². The topological polar surface area (TPSA) is 105 Å². The van der Waals surface area contributed by atoms with E-state index in [-0.39, 0.29) is 37.7 Å².